The van der Waals surface area contributed by atoms with E-state index in [1.54, 1.807) is 18.2 Å². The summed E-state index contributed by atoms with van der Waals surface area (Å²) in [7, 11) is 0. The zero-order chi connectivity index (χ0) is 16.2. The number of rotatable bonds is 3. The Bertz CT molecular complexity index is 547. The molecular formula is C14H18F3N3O2. The first-order valence-electron chi connectivity index (χ1n) is 6.89. The minimum absolute atomic E-state index is 0.0782. The maximum atomic E-state index is 12.4. The molecule has 0 aromatic heterocycles. The Labute approximate surface area is 126 Å². The Morgan fingerprint density at radius 3 is 2.68 bits per heavy atom. The molecule has 1 aliphatic rings. The number of hydrogen-bond acceptors (Lipinski definition) is 3. The van der Waals surface area contributed by atoms with Crippen LogP contribution in [-0.4, -0.2) is 31.9 Å². The fraction of sp³-hybridized carbons (Fsp3) is 0.500. The van der Waals surface area contributed by atoms with Gasteiger partial charge < -0.3 is 20.5 Å². The summed E-state index contributed by atoms with van der Waals surface area (Å²) >= 11 is 0. The second-order valence-electron chi connectivity index (χ2n) is 5.01. The monoisotopic (exact) mass is 317 g/mol. The molecule has 0 bridgehead atoms. The lowest BCUT2D eigenvalue weighted by atomic mass is 10.2. The van der Waals surface area contributed by atoms with Gasteiger partial charge in [0.15, 0.2) is 17.5 Å². The third-order valence-corrected chi connectivity index (χ3v) is 3.11. The summed E-state index contributed by atoms with van der Waals surface area (Å²) in [6.07, 6.45) is -3.49. The number of benzene rings is 1. The van der Waals surface area contributed by atoms with Crippen LogP contribution in [0.4, 0.5) is 18.9 Å². The molecule has 0 aliphatic carbocycles. The van der Waals surface area contributed by atoms with Crippen molar-refractivity contribution in [3.63, 3.8) is 0 Å². The maximum Gasteiger partial charge on any atom is 0.393 e. The van der Waals surface area contributed by atoms with Crippen molar-refractivity contribution in [2.24, 2.45) is 16.6 Å². The number of ether oxygens (including phenoxy) is 2. The molecule has 1 atom stereocenters. The van der Waals surface area contributed by atoms with E-state index >= 15 is 0 Å². The van der Waals surface area contributed by atoms with Gasteiger partial charge in [0, 0.05) is 18.2 Å². The van der Waals surface area contributed by atoms with Crippen molar-refractivity contribution >= 4 is 11.6 Å². The zero-order valence-electron chi connectivity index (χ0n) is 12.1. The molecule has 0 amide bonds. The average Bonchev–Trinajstić information content (AvgIpc) is 2.68. The van der Waals surface area contributed by atoms with Crippen LogP contribution in [0.2, 0.25) is 0 Å². The number of nitrogens with one attached hydrogen (secondary N) is 1. The highest BCUT2D eigenvalue weighted by atomic mass is 19.4. The van der Waals surface area contributed by atoms with E-state index in [0.717, 1.165) is 13.3 Å². The van der Waals surface area contributed by atoms with Crippen LogP contribution >= 0.6 is 0 Å². The van der Waals surface area contributed by atoms with Crippen molar-refractivity contribution in [2.45, 2.75) is 19.5 Å². The molecule has 22 heavy (non-hydrogen) atoms. The summed E-state index contributed by atoms with van der Waals surface area (Å²) in [5.41, 5.74) is 6.18. The van der Waals surface area contributed by atoms with Gasteiger partial charge in [-0.15, -0.1) is 0 Å². The van der Waals surface area contributed by atoms with E-state index in [0.29, 0.717) is 30.4 Å². The molecule has 0 saturated carbocycles. The Morgan fingerprint density at radius 1 is 1.32 bits per heavy atom. The zero-order valence-corrected chi connectivity index (χ0v) is 12.1. The first kappa shape index (κ1) is 16.3. The number of nitrogens with two attached hydrogens (primary N) is 1. The van der Waals surface area contributed by atoms with Gasteiger partial charge in [-0.25, -0.2) is 0 Å². The SMILES string of the molecule is CC(CN=C(N)Nc1ccc2c(c1)OCCCO2)C(F)(F)F. The van der Waals surface area contributed by atoms with Gasteiger partial charge in [0.05, 0.1) is 25.7 Å². The van der Waals surface area contributed by atoms with Crippen LogP contribution in [0, 0.1) is 5.92 Å². The predicted molar refractivity (Wildman–Crippen MR) is 77.4 cm³/mol. The molecule has 1 aromatic rings. The summed E-state index contributed by atoms with van der Waals surface area (Å²) in [4.78, 5) is 3.71. The van der Waals surface area contributed by atoms with E-state index in [2.05, 4.69) is 10.3 Å². The number of nitrogens with zero attached hydrogens (tertiary/aromatic N) is 1. The topological polar surface area (TPSA) is 68.9 Å². The van der Waals surface area contributed by atoms with Gasteiger partial charge in [-0.2, -0.15) is 13.2 Å². The van der Waals surface area contributed by atoms with Crippen molar-refractivity contribution in [3.8, 4) is 11.5 Å². The van der Waals surface area contributed by atoms with Gasteiger partial charge in [-0.3, -0.25) is 4.99 Å². The predicted octanol–water partition coefficient (Wildman–Crippen LogP) is 2.77. The molecule has 0 fully saturated rings. The van der Waals surface area contributed by atoms with Crippen LogP contribution in [0.15, 0.2) is 23.2 Å². The van der Waals surface area contributed by atoms with E-state index in [4.69, 9.17) is 15.2 Å². The maximum absolute atomic E-state index is 12.4. The quantitative estimate of drug-likeness (QED) is 0.664. The van der Waals surface area contributed by atoms with Crippen LogP contribution in [0.25, 0.3) is 0 Å². The number of fused-ring (bicyclic) bond motifs is 1. The number of aliphatic imine (C=N–C) groups is 1. The van der Waals surface area contributed by atoms with Crippen molar-refractivity contribution < 1.29 is 22.6 Å². The summed E-state index contributed by atoms with van der Waals surface area (Å²) in [6.45, 7) is 1.76. The molecule has 1 aliphatic heterocycles. The number of guanidine groups is 1. The summed E-state index contributed by atoms with van der Waals surface area (Å²) in [5, 5.41) is 2.74. The van der Waals surface area contributed by atoms with E-state index in [9.17, 15) is 13.2 Å². The highest BCUT2D eigenvalue weighted by molar-refractivity contribution is 5.92. The summed E-state index contributed by atoms with van der Waals surface area (Å²) in [5.74, 6) is -0.426. The Balaban J connectivity index is 1.99. The van der Waals surface area contributed by atoms with Crippen LogP contribution in [0.1, 0.15) is 13.3 Å². The number of alkyl halides is 3. The van der Waals surface area contributed by atoms with Crippen molar-refractivity contribution in [3.05, 3.63) is 18.2 Å². The fourth-order valence-electron chi connectivity index (χ4n) is 1.77. The third kappa shape index (κ3) is 4.44. The molecule has 1 heterocycles. The largest absolute Gasteiger partial charge is 0.490 e. The minimum Gasteiger partial charge on any atom is -0.490 e. The molecule has 8 heteroatoms. The lowest BCUT2D eigenvalue weighted by Crippen LogP contribution is -2.27. The van der Waals surface area contributed by atoms with Gasteiger partial charge in [-0.05, 0) is 12.1 Å². The molecule has 0 spiro atoms. The van der Waals surface area contributed by atoms with E-state index < -0.39 is 18.6 Å². The van der Waals surface area contributed by atoms with E-state index in [1.165, 1.54) is 0 Å². The third-order valence-electron chi connectivity index (χ3n) is 3.11. The highest BCUT2D eigenvalue weighted by Crippen LogP contribution is 2.32. The molecule has 122 valence electrons. The Hall–Kier alpha value is -2.12. The number of hydrogen-bond donors (Lipinski definition) is 2. The average molecular weight is 317 g/mol. The second kappa shape index (κ2) is 6.76. The minimum atomic E-state index is -4.28. The second-order valence-corrected chi connectivity index (χ2v) is 5.01. The molecule has 3 N–H and O–H groups in total. The van der Waals surface area contributed by atoms with Gasteiger partial charge in [0.25, 0.3) is 0 Å². The molecule has 2 rings (SSSR count). The Kier molecular flexibility index (Phi) is 4.99. The fourth-order valence-corrected chi connectivity index (χ4v) is 1.77. The van der Waals surface area contributed by atoms with Crippen LogP contribution < -0.4 is 20.5 Å². The summed E-state index contributed by atoms with van der Waals surface area (Å²) in [6, 6.07) is 5.09. The summed E-state index contributed by atoms with van der Waals surface area (Å²) < 4.78 is 48.2. The van der Waals surface area contributed by atoms with E-state index in [1.807, 2.05) is 0 Å². The first-order chi connectivity index (χ1) is 10.4. The van der Waals surface area contributed by atoms with Crippen LogP contribution in [0.3, 0.4) is 0 Å². The van der Waals surface area contributed by atoms with Gasteiger partial charge in [0.2, 0.25) is 0 Å². The van der Waals surface area contributed by atoms with Crippen molar-refractivity contribution in [2.75, 3.05) is 25.1 Å². The van der Waals surface area contributed by atoms with Crippen LogP contribution in [-0.2, 0) is 0 Å². The van der Waals surface area contributed by atoms with Crippen molar-refractivity contribution in [1.29, 1.82) is 0 Å². The number of halogens is 3. The highest BCUT2D eigenvalue weighted by Gasteiger charge is 2.35. The molecular weight excluding hydrogens is 299 g/mol. The lowest BCUT2D eigenvalue weighted by Gasteiger charge is -2.14. The Morgan fingerprint density at radius 2 is 2.00 bits per heavy atom. The first-order valence-corrected chi connectivity index (χ1v) is 6.89. The smallest absolute Gasteiger partial charge is 0.393 e. The standard InChI is InChI=1S/C14H18F3N3O2/c1-9(14(15,16)17)8-19-13(18)20-10-3-4-11-12(7-10)22-6-2-5-21-11/h3-4,7,9H,2,5-6,8H2,1H3,(H3,18,19,20). The van der Waals surface area contributed by atoms with Crippen LogP contribution in [0.5, 0.6) is 11.5 Å². The molecule has 0 radical (unpaired) electrons. The molecule has 1 aromatic carbocycles. The molecule has 1 unspecified atom stereocenters. The van der Waals surface area contributed by atoms with E-state index in [-0.39, 0.29) is 5.96 Å². The normalized spacial score (nSPS) is 16.8. The lowest BCUT2D eigenvalue weighted by molar-refractivity contribution is -0.166. The van der Waals surface area contributed by atoms with Gasteiger partial charge in [0.1, 0.15) is 0 Å². The molecule has 0 saturated heterocycles. The molecule has 5 nitrogen and oxygen atoms in total. The van der Waals surface area contributed by atoms with Gasteiger partial charge >= 0.3 is 6.18 Å². The van der Waals surface area contributed by atoms with Crippen molar-refractivity contribution in [1.82, 2.24) is 0 Å². The van der Waals surface area contributed by atoms with Gasteiger partial charge in [-0.1, -0.05) is 6.92 Å². The number of anilines is 1.